The van der Waals surface area contributed by atoms with Crippen LogP contribution in [0.5, 0.6) is 5.75 Å². The zero-order valence-corrected chi connectivity index (χ0v) is 14.6. The minimum atomic E-state index is 0.0943. The molecule has 126 valence electrons. The normalized spacial score (nSPS) is 18.2. The molecule has 0 radical (unpaired) electrons. The van der Waals surface area contributed by atoms with Gasteiger partial charge in [0.05, 0.1) is 24.8 Å². The van der Waals surface area contributed by atoms with Crippen LogP contribution in [-0.4, -0.2) is 42.7 Å². The van der Waals surface area contributed by atoms with E-state index in [4.69, 9.17) is 14.7 Å². The molecule has 1 saturated heterocycles. The Labute approximate surface area is 146 Å². The Morgan fingerprint density at radius 3 is 2.96 bits per heavy atom. The van der Waals surface area contributed by atoms with E-state index in [2.05, 4.69) is 21.3 Å². The second kappa shape index (κ2) is 8.25. The lowest BCUT2D eigenvalue weighted by Gasteiger charge is -2.31. The second-order valence-corrected chi connectivity index (χ2v) is 6.72. The molecule has 1 aliphatic rings. The lowest BCUT2D eigenvalue weighted by Crippen LogP contribution is -2.39. The number of thiazole rings is 1. The Kier molecular flexibility index (Phi) is 5.81. The monoisotopic (exact) mass is 343 g/mol. The summed E-state index contributed by atoms with van der Waals surface area (Å²) in [5, 5.41) is 11.9. The van der Waals surface area contributed by atoms with Gasteiger partial charge in [0.1, 0.15) is 16.9 Å². The van der Waals surface area contributed by atoms with Crippen LogP contribution >= 0.6 is 11.3 Å². The summed E-state index contributed by atoms with van der Waals surface area (Å²) in [5.41, 5.74) is 1.71. The summed E-state index contributed by atoms with van der Waals surface area (Å²) >= 11 is 1.68. The van der Waals surface area contributed by atoms with Crippen molar-refractivity contribution in [3.8, 4) is 11.8 Å². The molecule has 3 rings (SSSR count). The van der Waals surface area contributed by atoms with Gasteiger partial charge < -0.3 is 9.47 Å². The van der Waals surface area contributed by atoms with Gasteiger partial charge in [0.2, 0.25) is 0 Å². The molecule has 2 heterocycles. The van der Waals surface area contributed by atoms with Gasteiger partial charge in [-0.05, 0) is 37.6 Å². The van der Waals surface area contributed by atoms with Gasteiger partial charge in [0.15, 0.2) is 0 Å². The number of ether oxygens (including phenoxy) is 2. The number of morpholine rings is 1. The van der Waals surface area contributed by atoms with Crippen LogP contribution in [0.1, 0.15) is 28.8 Å². The maximum Gasteiger partial charge on any atom is 0.123 e. The van der Waals surface area contributed by atoms with E-state index in [1.54, 1.807) is 23.5 Å². The maximum atomic E-state index is 8.78. The number of rotatable bonds is 6. The highest BCUT2D eigenvalue weighted by Gasteiger charge is 2.23. The summed E-state index contributed by atoms with van der Waals surface area (Å²) in [5.74, 6) is 0.812. The predicted molar refractivity (Wildman–Crippen MR) is 93.3 cm³/mol. The van der Waals surface area contributed by atoms with E-state index in [1.165, 1.54) is 0 Å². The third-order valence-electron chi connectivity index (χ3n) is 3.93. The molecular formula is C18H21N3O2S. The molecule has 1 aromatic heterocycles. The lowest BCUT2D eigenvalue weighted by molar-refractivity contribution is -0.0311. The van der Waals surface area contributed by atoms with Crippen molar-refractivity contribution in [2.45, 2.75) is 19.4 Å². The van der Waals surface area contributed by atoms with Gasteiger partial charge in [-0.25, -0.2) is 4.98 Å². The Balaban J connectivity index is 1.40. The second-order valence-electron chi connectivity index (χ2n) is 5.83. The van der Waals surface area contributed by atoms with Crippen molar-refractivity contribution >= 4 is 11.3 Å². The van der Waals surface area contributed by atoms with Crippen LogP contribution in [0.4, 0.5) is 0 Å². The average Bonchev–Trinajstić information content (AvgIpc) is 3.06. The zero-order valence-electron chi connectivity index (χ0n) is 13.8. The molecule has 6 heteroatoms. The molecule has 24 heavy (non-hydrogen) atoms. The van der Waals surface area contributed by atoms with Gasteiger partial charge in [-0.15, -0.1) is 11.3 Å². The molecule has 2 aromatic rings. The van der Waals surface area contributed by atoms with E-state index in [0.29, 0.717) is 12.2 Å². The topological polar surface area (TPSA) is 58.4 Å². The Morgan fingerprint density at radius 1 is 1.42 bits per heavy atom. The van der Waals surface area contributed by atoms with E-state index in [9.17, 15) is 0 Å². The van der Waals surface area contributed by atoms with Gasteiger partial charge in [-0.2, -0.15) is 5.26 Å². The van der Waals surface area contributed by atoms with Crippen LogP contribution in [0.15, 0.2) is 29.6 Å². The summed E-state index contributed by atoms with van der Waals surface area (Å²) in [6.45, 7) is 6.27. The Morgan fingerprint density at radius 2 is 2.25 bits per heavy atom. The predicted octanol–water partition coefficient (Wildman–Crippen LogP) is 3.17. The van der Waals surface area contributed by atoms with Crippen molar-refractivity contribution in [3.05, 3.63) is 45.9 Å². The molecule has 0 spiro atoms. The van der Waals surface area contributed by atoms with E-state index in [0.717, 1.165) is 49.1 Å². The Bertz CT molecular complexity index is 693. The van der Waals surface area contributed by atoms with Gasteiger partial charge in [0, 0.05) is 30.7 Å². The van der Waals surface area contributed by atoms with Gasteiger partial charge in [-0.1, -0.05) is 0 Å². The van der Waals surface area contributed by atoms with E-state index in [-0.39, 0.29) is 6.10 Å². The highest BCUT2D eigenvalue weighted by molar-refractivity contribution is 7.09. The standard InChI is InChI=1S/C18H21N3O2S/c1-14-13-24-18(20-14)17-12-21(8-10-23-17)7-2-9-22-16-5-3-15(11-19)4-6-16/h3-6,13,17H,2,7-10,12H2,1H3/t17-/m1/s1. The molecule has 0 amide bonds. The molecule has 1 aromatic carbocycles. The zero-order chi connectivity index (χ0) is 16.8. The van der Waals surface area contributed by atoms with Gasteiger partial charge >= 0.3 is 0 Å². The van der Waals surface area contributed by atoms with Crippen LogP contribution in [0.3, 0.4) is 0 Å². The highest BCUT2D eigenvalue weighted by atomic mass is 32.1. The summed E-state index contributed by atoms with van der Waals surface area (Å²) in [6, 6.07) is 9.34. The largest absolute Gasteiger partial charge is 0.494 e. The number of benzene rings is 1. The summed E-state index contributed by atoms with van der Waals surface area (Å²) in [7, 11) is 0. The fourth-order valence-electron chi connectivity index (χ4n) is 2.68. The van der Waals surface area contributed by atoms with Crippen molar-refractivity contribution < 1.29 is 9.47 Å². The molecule has 0 bridgehead atoms. The highest BCUT2D eigenvalue weighted by Crippen LogP contribution is 2.25. The first-order valence-corrected chi connectivity index (χ1v) is 9.01. The van der Waals surface area contributed by atoms with Crippen LogP contribution in [-0.2, 0) is 4.74 Å². The minimum Gasteiger partial charge on any atom is -0.494 e. The van der Waals surface area contributed by atoms with E-state index in [1.807, 2.05) is 19.1 Å². The van der Waals surface area contributed by atoms with Crippen LogP contribution < -0.4 is 4.74 Å². The molecule has 1 fully saturated rings. The minimum absolute atomic E-state index is 0.0943. The SMILES string of the molecule is Cc1csc([C@H]2CN(CCCOc3ccc(C#N)cc3)CCO2)n1. The molecule has 0 aliphatic carbocycles. The molecule has 0 saturated carbocycles. The third kappa shape index (κ3) is 4.54. The Hall–Kier alpha value is -1.94. The van der Waals surface area contributed by atoms with Crippen LogP contribution in [0.2, 0.25) is 0 Å². The third-order valence-corrected chi connectivity index (χ3v) is 4.99. The number of hydrogen-bond acceptors (Lipinski definition) is 6. The quantitative estimate of drug-likeness (QED) is 0.754. The number of nitriles is 1. The van der Waals surface area contributed by atoms with Crippen LogP contribution in [0.25, 0.3) is 0 Å². The summed E-state index contributed by atoms with van der Waals surface area (Å²) < 4.78 is 11.6. The first-order chi connectivity index (χ1) is 11.7. The molecule has 0 unspecified atom stereocenters. The molecular weight excluding hydrogens is 322 g/mol. The van der Waals surface area contributed by atoms with Gasteiger partial charge in [0.25, 0.3) is 0 Å². The fourth-order valence-corrected chi connectivity index (χ4v) is 3.51. The molecule has 0 N–H and O–H groups in total. The first kappa shape index (κ1) is 16.9. The van der Waals surface area contributed by atoms with Gasteiger partial charge in [-0.3, -0.25) is 4.90 Å². The average molecular weight is 343 g/mol. The number of aryl methyl sites for hydroxylation is 1. The van der Waals surface area contributed by atoms with Crippen molar-refractivity contribution in [3.63, 3.8) is 0 Å². The number of hydrogen-bond donors (Lipinski definition) is 0. The first-order valence-electron chi connectivity index (χ1n) is 8.13. The molecule has 1 atom stereocenters. The van der Waals surface area contributed by atoms with Crippen molar-refractivity contribution in [2.24, 2.45) is 0 Å². The fraction of sp³-hybridized carbons (Fsp3) is 0.444. The van der Waals surface area contributed by atoms with Crippen molar-refractivity contribution in [1.82, 2.24) is 9.88 Å². The molecule has 1 aliphatic heterocycles. The number of nitrogens with zero attached hydrogens (tertiary/aromatic N) is 3. The smallest absolute Gasteiger partial charge is 0.123 e. The lowest BCUT2D eigenvalue weighted by atomic mass is 10.2. The van der Waals surface area contributed by atoms with Crippen molar-refractivity contribution in [2.75, 3.05) is 32.8 Å². The summed E-state index contributed by atoms with van der Waals surface area (Å²) in [4.78, 5) is 6.95. The molecule has 5 nitrogen and oxygen atoms in total. The van der Waals surface area contributed by atoms with E-state index < -0.39 is 0 Å². The van der Waals surface area contributed by atoms with Crippen LogP contribution in [0, 0.1) is 18.3 Å². The van der Waals surface area contributed by atoms with E-state index >= 15 is 0 Å². The number of aromatic nitrogens is 1. The summed E-state index contributed by atoms with van der Waals surface area (Å²) in [6.07, 6.45) is 1.06. The maximum absolute atomic E-state index is 8.78. The van der Waals surface area contributed by atoms with Crippen molar-refractivity contribution in [1.29, 1.82) is 5.26 Å².